The average molecular weight is 309 g/mol. The molecule has 2 heterocycles. The Morgan fingerprint density at radius 2 is 2.24 bits per heavy atom. The number of nitrogens with zero attached hydrogens (tertiary/aromatic N) is 5. The molecule has 2 aromatic rings. The SMILES string of the molecule is Clc1nc(NCCCOCC2CC2)nc(-n2ccnc2)n1. The van der Waals surface area contributed by atoms with Gasteiger partial charge in [0.05, 0.1) is 0 Å². The van der Waals surface area contributed by atoms with Gasteiger partial charge in [-0.15, -0.1) is 0 Å². The molecule has 7 nitrogen and oxygen atoms in total. The zero-order chi connectivity index (χ0) is 14.5. The van der Waals surface area contributed by atoms with Crippen LogP contribution in [0, 0.1) is 5.92 Å². The van der Waals surface area contributed by atoms with Crippen LogP contribution in [0.4, 0.5) is 5.95 Å². The van der Waals surface area contributed by atoms with Gasteiger partial charge in [-0.1, -0.05) is 0 Å². The number of hydrogen-bond acceptors (Lipinski definition) is 6. The Hall–Kier alpha value is -1.73. The van der Waals surface area contributed by atoms with Crippen molar-refractivity contribution in [2.45, 2.75) is 19.3 Å². The van der Waals surface area contributed by atoms with Crippen LogP contribution in [0.3, 0.4) is 0 Å². The number of rotatable bonds is 8. The molecule has 1 saturated carbocycles. The average Bonchev–Trinajstić information content (AvgIpc) is 3.13. The van der Waals surface area contributed by atoms with Gasteiger partial charge in [-0.05, 0) is 36.8 Å². The number of anilines is 1. The summed E-state index contributed by atoms with van der Waals surface area (Å²) in [6, 6.07) is 0. The molecule has 0 unspecified atom stereocenters. The minimum absolute atomic E-state index is 0.154. The molecule has 0 radical (unpaired) electrons. The lowest BCUT2D eigenvalue weighted by molar-refractivity contribution is 0.124. The Balaban J connectivity index is 1.48. The first-order chi connectivity index (χ1) is 10.3. The van der Waals surface area contributed by atoms with Crippen molar-refractivity contribution < 1.29 is 4.74 Å². The molecule has 1 fully saturated rings. The highest BCUT2D eigenvalue weighted by molar-refractivity contribution is 6.28. The van der Waals surface area contributed by atoms with Crippen molar-refractivity contribution in [3.63, 3.8) is 0 Å². The van der Waals surface area contributed by atoms with Crippen molar-refractivity contribution in [2.75, 3.05) is 25.1 Å². The van der Waals surface area contributed by atoms with Gasteiger partial charge >= 0.3 is 0 Å². The van der Waals surface area contributed by atoms with E-state index in [9.17, 15) is 0 Å². The molecule has 1 aliphatic rings. The van der Waals surface area contributed by atoms with Gasteiger partial charge in [-0.3, -0.25) is 4.57 Å². The summed E-state index contributed by atoms with van der Waals surface area (Å²) < 4.78 is 7.25. The first kappa shape index (κ1) is 14.2. The topological polar surface area (TPSA) is 77.8 Å². The summed E-state index contributed by atoms with van der Waals surface area (Å²) in [5, 5.41) is 3.29. The third-order valence-corrected chi connectivity index (χ3v) is 3.30. The van der Waals surface area contributed by atoms with Crippen LogP contribution in [0.15, 0.2) is 18.7 Å². The van der Waals surface area contributed by atoms with Gasteiger partial charge in [0.1, 0.15) is 6.33 Å². The fourth-order valence-electron chi connectivity index (χ4n) is 1.82. The first-order valence-corrected chi connectivity index (χ1v) is 7.40. The Kier molecular flexibility index (Phi) is 4.62. The van der Waals surface area contributed by atoms with E-state index < -0.39 is 0 Å². The van der Waals surface area contributed by atoms with Crippen molar-refractivity contribution in [1.29, 1.82) is 0 Å². The van der Waals surface area contributed by atoms with E-state index in [1.165, 1.54) is 12.8 Å². The van der Waals surface area contributed by atoms with Gasteiger partial charge in [0.2, 0.25) is 17.2 Å². The van der Waals surface area contributed by atoms with E-state index >= 15 is 0 Å². The zero-order valence-electron chi connectivity index (χ0n) is 11.6. The highest BCUT2D eigenvalue weighted by atomic mass is 35.5. The van der Waals surface area contributed by atoms with Crippen molar-refractivity contribution >= 4 is 17.5 Å². The minimum atomic E-state index is 0.154. The van der Waals surface area contributed by atoms with E-state index in [2.05, 4.69) is 25.3 Å². The van der Waals surface area contributed by atoms with Crippen LogP contribution in [0.25, 0.3) is 5.95 Å². The standard InChI is InChI=1S/C13H17ClN6O/c14-11-17-12(16-4-1-7-21-8-10-2-3-10)19-13(18-11)20-6-5-15-9-20/h5-6,9-10H,1-4,7-8H2,(H,16,17,18,19). The monoisotopic (exact) mass is 308 g/mol. The summed E-state index contributed by atoms with van der Waals surface area (Å²) >= 11 is 5.91. The summed E-state index contributed by atoms with van der Waals surface area (Å²) in [6.07, 6.45) is 8.55. The normalized spacial score (nSPS) is 14.3. The van der Waals surface area contributed by atoms with E-state index in [1.807, 2.05) is 0 Å². The molecule has 0 aromatic carbocycles. The van der Waals surface area contributed by atoms with E-state index in [1.54, 1.807) is 23.3 Å². The van der Waals surface area contributed by atoms with Crippen LogP contribution in [0.5, 0.6) is 0 Å². The van der Waals surface area contributed by atoms with Crippen LogP contribution in [0.1, 0.15) is 19.3 Å². The smallest absolute Gasteiger partial charge is 0.241 e. The van der Waals surface area contributed by atoms with E-state index in [4.69, 9.17) is 16.3 Å². The molecule has 0 amide bonds. The van der Waals surface area contributed by atoms with E-state index in [-0.39, 0.29) is 5.28 Å². The number of nitrogens with one attached hydrogen (secondary N) is 1. The quantitative estimate of drug-likeness (QED) is 0.751. The highest BCUT2D eigenvalue weighted by Gasteiger charge is 2.20. The van der Waals surface area contributed by atoms with Crippen molar-refractivity contribution in [2.24, 2.45) is 5.92 Å². The van der Waals surface area contributed by atoms with Crippen LogP contribution in [-0.4, -0.2) is 44.3 Å². The molecular weight excluding hydrogens is 292 g/mol. The number of halogens is 1. The summed E-state index contributed by atoms with van der Waals surface area (Å²) in [6.45, 7) is 2.37. The Labute approximate surface area is 127 Å². The van der Waals surface area contributed by atoms with Gasteiger partial charge in [-0.25, -0.2) is 4.98 Å². The second kappa shape index (κ2) is 6.82. The lowest BCUT2D eigenvalue weighted by Gasteiger charge is -2.07. The maximum atomic E-state index is 5.91. The number of aromatic nitrogens is 5. The summed E-state index contributed by atoms with van der Waals surface area (Å²) in [7, 11) is 0. The number of hydrogen-bond donors (Lipinski definition) is 1. The molecular formula is C13H17ClN6O. The molecule has 0 bridgehead atoms. The van der Waals surface area contributed by atoms with E-state index in [0.29, 0.717) is 11.9 Å². The molecule has 0 aliphatic heterocycles. The number of ether oxygens (including phenoxy) is 1. The molecule has 0 spiro atoms. The maximum Gasteiger partial charge on any atom is 0.241 e. The molecule has 0 atom stereocenters. The van der Waals surface area contributed by atoms with Crippen LogP contribution in [-0.2, 0) is 4.74 Å². The van der Waals surface area contributed by atoms with Gasteiger partial charge in [0.15, 0.2) is 0 Å². The number of imidazole rings is 1. The third kappa shape index (κ3) is 4.37. The lowest BCUT2D eigenvalue weighted by Crippen LogP contribution is -2.11. The molecule has 1 N–H and O–H groups in total. The molecule has 112 valence electrons. The Morgan fingerprint density at radius 3 is 3.00 bits per heavy atom. The second-order valence-electron chi connectivity index (χ2n) is 5.00. The van der Waals surface area contributed by atoms with Crippen LogP contribution in [0.2, 0.25) is 5.28 Å². The third-order valence-electron chi connectivity index (χ3n) is 3.13. The lowest BCUT2D eigenvalue weighted by atomic mass is 10.4. The molecule has 21 heavy (non-hydrogen) atoms. The summed E-state index contributed by atoms with van der Waals surface area (Å²) in [5.74, 6) is 1.71. The summed E-state index contributed by atoms with van der Waals surface area (Å²) in [4.78, 5) is 16.4. The predicted molar refractivity (Wildman–Crippen MR) is 78.6 cm³/mol. The van der Waals surface area contributed by atoms with Crippen LogP contribution < -0.4 is 5.32 Å². The first-order valence-electron chi connectivity index (χ1n) is 7.03. The minimum Gasteiger partial charge on any atom is -0.381 e. The maximum absolute atomic E-state index is 5.91. The van der Waals surface area contributed by atoms with Gasteiger partial charge in [0.25, 0.3) is 0 Å². The second-order valence-corrected chi connectivity index (χ2v) is 5.33. The fourth-order valence-corrected chi connectivity index (χ4v) is 1.98. The highest BCUT2D eigenvalue weighted by Crippen LogP contribution is 2.28. The van der Waals surface area contributed by atoms with Crippen LogP contribution >= 0.6 is 11.6 Å². The van der Waals surface area contributed by atoms with Crippen molar-refractivity contribution in [1.82, 2.24) is 24.5 Å². The van der Waals surface area contributed by atoms with E-state index in [0.717, 1.165) is 32.1 Å². The van der Waals surface area contributed by atoms with Crippen molar-refractivity contribution in [3.8, 4) is 5.95 Å². The largest absolute Gasteiger partial charge is 0.381 e. The zero-order valence-corrected chi connectivity index (χ0v) is 12.3. The Bertz CT molecular complexity index is 572. The fraction of sp³-hybridized carbons (Fsp3) is 0.538. The predicted octanol–water partition coefficient (Wildman–Crippen LogP) is 1.94. The van der Waals surface area contributed by atoms with Crippen molar-refractivity contribution in [3.05, 3.63) is 24.0 Å². The Morgan fingerprint density at radius 1 is 1.33 bits per heavy atom. The molecule has 1 aliphatic carbocycles. The summed E-state index contributed by atoms with van der Waals surface area (Å²) in [5.41, 5.74) is 0. The van der Waals surface area contributed by atoms with Gasteiger partial charge in [-0.2, -0.15) is 15.0 Å². The van der Waals surface area contributed by atoms with Gasteiger partial charge < -0.3 is 10.1 Å². The molecule has 8 heteroatoms. The van der Waals surface area contributed by atoms with Gasteiger partial charge in [0, 0.05) is 32.2 Å². The molecule has 2 aromatic heterocycles. The molecule has 0 saturated heterocycles. The molecule has 3 rings (SSSR count).